The molecule has 0 radical (unpaired) electrons. The zero-order valence-corrected chi connectivity index (χ0v) is 37.0. The molecule has 13 nitrogen and oxygen atoms in total. The topological polar surface area (TPSA) is 252 Å². The van der Waals surface area contributed by atoms with Crippen LogP contribution in [0.25, 0.3) is 0 Å². The lowest BCUT2D eigenvalue weighted by atomic mass is 10.0. The van der Waals surface area contributed by atoms with Crippen LogP contribution in [0.1, 0.15) is 194 Å². The highest BCUT2D eigenvalue weighted by Gasteiger charge is 1.98. The van der Waals surface area contributed by atoms with Gasteiger partial charge in [-0.1, -0.05) is 181 Å². The van der Waals surface area contributed by atoms with E-state index < -0.39 is 24.4 Å². The van der Waals surface area contributed by atoms with Crippen molar-refractivity contribution >= 4 is 0 Å². The fourth-order valence-electron chi connectivity index (χ4n) is 5.13. The largest absolute Gasteiger partial charge is 0.394 e. The molecule has 0 amide bonds. The Labute approximate surface area is 349 Å². The van der Waals surface area contributed by atoms with Gasteiger partial charge in [-0.15, -0.1) is 0 Å². The summed E-state index contributed by atoms with van der Waals surface area (Å²) in [7, 11) is 0. The Kier molecular flexibility index (Phi) is 74.4. The van der Waals surface area contributed by atoms with E-state index in [9.17, 15) is 0 Å². The first-order valence-electron chi connectivity index (χ1n) is 22.8. The van der Waals surface area contributed by atoms with Crippen LogP contribution in [0, 0.1) is 0 Å². The van der Waals surface area contributed by atoms with Crippen LogP contribution in [0.3, 0.4) is 0 Å². The Hall–Kier alpha value is -0.520. The van der Waals surface area contributed by atoms with E-state index in [1.54, 1.807) is 0 Å². The Morgan fingerprint density at radius 3 is 0.509 bits per heavy atom. The molecule has 0 fully saturated rings. The molecule has 0 atom stereocenters. The van der Waals surface area contributed by atoms with Crippen molar-refractivity contribution in [3.63, 3.8) is 0 Å². The lowest BCUT2D eigenvalue weighted by Gasteiger charge is -2.05. The molecule has 57 heavy (non-hydrogen) atoms. The van der Waals surface area contributed by atoms with Gasteiger partial charge in [0.1, 0.15) is 24.4 Å². The predicted molar refractivity (Wildman–Crippen MR) is 232 cm³/mol. The molecule has 12 N–H and O–H groups in total. The number of ether oxygens (including phenoxy) is 1. The summed E-state index contributed by atoms with van der Waals surface area (Å²) < 4.78 is 5.85. The van der Waals surface area contributed by atoms with Gasteiger partial charge in [-0.3, -0.25) is 0 Å². The number of rotatable bonds is 38. The van der Waals surface area contributed by atoms with Crippen molar-refractivity contribution in [2.24, 2.45) is 0 Å². The van der Waals surface area contributed by atoms with Gasteiger partial charge in [-0.05, 0) is 12.8 Å². The van der Waals surface area contributed by atoms with Gasteiger partial charge in [-0.2, -0.15) is 0 Å². The minimum Gasteiger partial charge on any atom is -0.394 e. The maximum atomic E-state index is 8.17. The van der Waals surface area contributed by atoms with Crippen LogP contribution >= 0.6 is 0 Å². The van der Waals surface area contributed by atoms with Gasteiger partial charge in [0.15, 0.2) is 0 Å². The maximum absolute atomic E-state index is 8.17. The van der Waals surface area contributed by atoms with Crippen LogP contribution in [-0.2, 0) is 4.74 Å². The summed E-state index contributed by atoms with van der Waals surface area (Å²) in [5.74, 6) is 0. The summed E-state index contributed by atoms with van der Waals surface area (Å²) in [6, 6.07) is 0. The normalized spacial score (nSPS) is 10.8. The van der Waals surface area contributed by atoms with Gasteiger partial charge in [0.2, 0.25) is 0 Å². The van der Waals surface area contributed by atoms with E-state index in [1.807, 2.05) is 0 Å². The van der Waals surface area contributed by atoms with Crippen LogP contribution in [-0.4, -0.2) is 152 Å². The highest BCUT2D eigenvalue weighted by Crippen LogP contribution is 2.14. The van der Waals surface area contributed by atoms with Crippen molar-refractivity contribution in [2.75, 3.05) is 66.1 Å². The Morgan fingerprint density at radius 2 is 0.386 bits per heavy atom. The summed E-state index contributed by atoms with van der Waals surface area (Å²) in [5.41, 5.74) is 0. The molecule has 0 aromatic carbocycles. The van der Waals surface area contributed by atoms with Gasteiger partial charge in [0.05, 0.1) is 52.9 Å². The first kappa shape index (κ1) is 65.6. The minimum atomic E-state index is -0.954. The Balaban J connectivity index is -0.000000299. The van der Waals surface area contributed by atoms with E-state index in [-0.39, 0.29) is 52.9 Å². The third kappa shape index (κ3) is 76.7. The summed E-state index contributed by atoms with van der Waals surface area (Å²) in [4.78, 5) is 0. The first-order chi connectivity index (χ1) is 27.6. The quantitative estimate of drug-likeness (QED) is 0.0354. The van der Waals surface area contributed by atoms with E-state index in [2.05, 4.69) is 13.8 Å². The molecule has 0 aliphatic rings. The van der Waals surface area contributed by atoms with Crippen LogP contribution in [0.15, 0.2) is 0 Å². The van der Waals surface area contributed by atoms with Crippen molar-refractivity contribution in [3.8, 4) is 0 Å². The molecule has 0 aromatic rings. The SMILES string of the molecule is CCCCCCCCCCCCCCCCOCCCCCCCCCCCCCCCC.OCC(O)CO.OCC(O)CO.OCC(O)CO.OCC(O)CO. The molecule has 0 bridgehead atoms. The van der Waals surface area contributed by atoms with Gasteiger partial charge >= 0.3 is 0 Å². The van der Waals surface area contributed by atoms with Crippen molar-refractivity contribution in [3.05, 3.63) is 0 Å². The van der Waals surface area contributed by atoms with Gasteiger partial charge < -0.3 is 66.0 Å². The lowest BCUT2D eigenvalue weighted by Crippen LogP contribution is -2.15. The molecule has 0 spiro atoms. The van der Waals surface area contributed by atoms with Crippen molar-refractivity contribution < 1.29 is 66.0 Å². The molecule has 13 heteroatoms. The second-order valence-corrected chi connectivity index (χ2v) is 14.9. The number of hydrogen-bond donors (Lipinski definition) is 12. The Bertz CT molecular complexity index is 537. The Morgan fingerprint density at radius 1 is 0.246 bits per heavy atom. The van der Waals surface area contributed by atoms with Crippen LogP contribution in [0.4, 0.5) is 0 Å². The second kappa shape index (κ2) is 64.6. The van der Waals surface area contributed by atoms with Gasteiger partial charge in [-0.25, -0.2) is 0 Å². The van der Waals surface area contributed by atoms with Crippen molar-refractivity contribution in [1.29, 1.82) is 0 Å². The van der Waals surface area contributed by atoms with Gasteiger partial charge in [0, 0.05) is 13.2 Å². The van der Waals surface area contributed by atoms with Crippen LogP contribution in [0.2, 0.25) is 0 Å². The fourth-order valence-corrected chi connectivity index (χ4v) is 5.13. The average molecular weight is 835 g/mol. The molecule has 0 rings (SSSR count). The number of aliphatic hydroxyl groups excluding tert-OH is 12. The third-order valence-electron chi connectivity index (χ3n) is 8.97. The molecule has 0 aliphatic heterocycles. The second-order valence-electron chi connectivity index (χ2n) is 14.9. The molecule has 0 unspecified atom stereocenters. The molecule has 0 saturated carbocycles. The van der Waals surface area contributed by atoms with E-state index >= 15 is 0 Å². The van der Waals surface area contributed by atoms with Crippen molar-refractivity contribution in [1.82, 2.24) is 0 Å². The lowest BCUT2D eigenvalue weighted by molar-refractivity contribution is 0.0450. The molecule has 0 aliphatic carbocycles. The summed E-state index contributed by atoms with van der Waals surface area (Å²) in [5, 5.41) is 96.1. The highest BCUT2D eigenvalue weighted by atomic mass is 16.5. The molecular weight excluding hydrogens is 736 g/mol. The summed E-state index contributed by atoms with van der Waals surface area (Å²) >= 11 is 0. The maximum Gasteiger partial charge on any atom is 0.100 e. The van der Waals surface area contributed by atoms with E-state index in [1.165, 1.54) is 180 Å². The number of aliphatic hydroxyl groups is 12. The predicted octanol–water partition coefficient (Wildman–Crippen LogP) is 5.29. The molecule has 0 aromatic heterocycles. The van der Waals surface area contributed by atoms with Crippen molar-refractivity contribution in [2.45, 2.75) is 218 Å². The average Bonchev–Trinajstić information content (AvgIpc) is 3.25. The summed E-state index contributed by atoms with van der Waals surface area (Å²) in [6.07, 6.45) is 36.2. The van der Waals surface area contributed by atoms with E-state index in [0.717, 1.165) is 13.2 Å². The first-order valence-corrected chi connectivity index (χ1v) is 22.8. The molecule has 352 valence electrons. The molecule has 0 heterocycles. The zero-order chi connectivity index (χ0) is 43.9. The summed E-state index contributed by atoms with van der Waals surface area (Å²) in [6.45, 7) is 3.68. The van der Waals surface area contributed by atoms with E-state index in [4.69, 9.17) is 66.0 Å². The molecule has 0 saturated heterocycles. The fraction of sp³-hybridized carbons (Fsp3) is 1.00. The highest BCUT2D eigenvalue weighted by molar-refractivity contribution is 4.52. The zero-order valence-electron chi connectivity index (χ0n) is 37.0. The standard InChI is InChI=1S/C32H66O.4C3H8O3/c1-3-5-7-9-11-13-15-17-19-21-23-25-27-29-31-33-32-30-28-26-24-22-20-18-16-14-12-10-8-6-4-2;4*4-1-3(6)2-5/h3-32H2,1-2H3;4*3-6H,1-2H2. The third-order valence-corrected chi connectivity index (χ3v) is 8.97. The smallest absolute Gasteiger partial charge is 0.100 e. The number of hydrogen-bond acceptors (Lipinski definition) is 13. The number of unbranched alkanes of at least 4 members (excludes halogenated alkanes) is 26. The van der Waals surface area contributed by atoms with E-state index in [0.29, 0.717) is 0 Å². The monoisotopic (exact) mass is 835 g/mol. The van der Waals surface area contributed by atoms with Gasteiger partial charge in [0.25, 0.3) is 0 Å². The van der Waals surface area contributed by atoms with Crippen LogP contribution < -0.4 is 0 Å². The molecular formula is C44H98O13. The van der Waals surface area contributed by atoms with Crippen LogP contribution in [0.5, 0.6) is 0 Å². The minimum absolute atomic E-state index is 0.365.